The van der Waals surface area contributed by atoms with Crippen molar-refractivity contribution < 1.29 is 4.79 Å². The Morgan fingerprint density at radius 1 is 1.38 bits per heavy atom. The minimum absolute atomic E-state index is 0.115. The average Bonchev–Trinajstić information content (AvgIpc) is 3.11. The highest BCUT2D eigenvalue weighted by atomic mass is 32.1. The fourth-order valence-electron chi connectivity index (χ4n) is 2.37. The summed E-state index contributed by atoms with van der Waals surface area (Å²) in [5, 5.41) is 5.10. The number of thiazole rings is 1. The second kappa shape index (κ2) is 6.09. The number of nitrogens with zero attached hydrogens (tertiary/aromatic N) is 3. The number of rotatable bonds is 4. The molecule has 21 heavy (non-hydrogen) atoms. The third-order valence-corrected chi connectivity index (χ3v) is 4.10. The van der Waals surface area contributed by atoms with Gasteiger partial charge in [-0.25, -0.2) is 9.97 Å². The van der Waals surface area contributed by atoms with Crippen molar-refractivity contribution in [2.24, 2.45) is 0 Å². The topological polar surface area (TPSA) is 84.1 Å². The summed E-state index contributed by atoms with van der Waals surface area (Å²) >= 11 is 1.34. The molecule has 0 saturated carbocycles. The Bertz CT molecular complexity index is 619. The van der Waals surface area contributed by atoms with Crippen LogP contribution in [0.5, 0.6) is 0 Å². The largest absolute Gasteiger partial charge is 0.375 e. The first-order chi connectivity index (χ1) is 10.2. The number of nitrogen functional groups attached to an aromatic ring is 1. The SMILES string of the molecule is Nc1nc(CC(=O)Nc2ccc(N3CCCC3)nc2)cs1. The highest BCUT2D eigenvalue weighted by Crippen LogP contribution is 2.19. The Morgan fingerprint density at radius 2 is 2.19 bits per heavy atom. The normalized spacial score (nSPS) is 14.4. The maximum atomic E-state index is 11.9. The molecule has 7 heteroatoms. The molecule has 0 unspecified atom stereocenters. The van der Waals surface area contributed by atoms with E-state index in [-0.39, 0.29) is 12.3 Å². The van der Waals surface area contributed by atoms with Gasteiger partial charge in [-0.1, -0.05) is 0 Å². The summed E-state index contributed by atoms with van der Waals surface area (Å²) in [4.78, 5) is 22.6. The van der Waals surface area contributed by atoms with Crippen molar-refractivity contribution >= 4 is 33.9 Å². The second-order valence-electron chi connectivity index (χ2n) is 5.00. The zero-order valence-corrected chi connectivity index (χ0v) is 12.4. The maximum absolute atomic E-state index is 11.9. The molecule has 0 spiro atoms. The van der Waals surface area contributed by atoms with Gasteiger partial charge in [0, 0.05) is 18.5 Å². The summed E-state index contributed by atoms with van der Waals surface area (Å²) in [6, 6.07) is 3.83. The maximum Gasteiger partial charge on any atom is 0.230 e. The number of carbonyl (C=O) groups excluding carboxylic acids is 1. The third kappa shape index (κ3) is 3.49. The lowest BCUT2D eigenvalue weighted by Crippen LogP contribution is -2.19. The van der Waals surface area contributed by atoms with E-state index in [9.17, 15) is 4.79 Å². The number of carbonyl (C=O) groups is 1. The Balaban J connectivity index is 1.58. The minimum Gasteiger partial charge on any atom is -0.375 e. The molecule has 110 valence electrons. The Morgan fingerprint density at radius 3 is 2.81 bits per heavy atom. The van der Waals surface area contributed by atoms with Gasteiger partial charge < -0.3 is 16.0 Å². The van der Waals surface area contributed by atoms with Crippen molar-refractivity contribution in [2.45, 2.75) is 19.3 Å². The van der Waals surface area contributed by atoms with E-state index in [1.165, 1.54) is 24.2 Å². The molecule has 1 aliphatic rings. The number of nitrogens with one attached hydrogen (secondary N) is 1. The van der Waals surface area contributed by atoms with Gasteiger partial charge in [0.15, 0.2) is 5.13 Å². The van der Waals surface area contributed by atoms with Gasteiger partial charge >= 0.3 is 0 Å². The Labute approximate surface area is 127 Å². The van der Waals surface area contributed by atoms with E-state index >= 15 is 0 Å². The molecular weight excluding hydrogens is 286 g/mol. The quantitative estimate of drug-likeness (QED) is 0.901. The standard InChI is InChI=1S/C14H17N5OS/c15-14-18-11(9-21-14)7-13(20)17-10-3-4-12(16-8-10)19-5-1-2-6-19/h3-4,8-9H,1-2,5-7H2,(H2,15,18)(H,17,20). The van der Waals surface area contributed by atoms with Gasteiger partial charge in [-0.2, -0.15) is 0 Å². The van der Waals surface area contributed by atoms with Crippen LogP contribution >= 0.6 is 11.3 Å². The summed E-state index contributed by atoms with van der Waals surface area (Å²) in [6.45, 7) is 2.12. The van der Waals surface area contributed by atoms with Gasteiger partial charge in [0.25, 0.3) is 0 Å². The van der Waals surface area contributed by atoms with Gasteiger partial charge in [0.05, 0.1) is 24.0 Å². The molecule has 0 aliphatic carbocycles. The number of hydrogen-bond acceptors (Lipinski definition) is 6. The van der Waals surface area contributed by atoms with Crippen LogP contribution in [0.2, 0.25) is 0 Å². The molecule has 0 bridgehead atoms. The molecule has 1 aliphatic heterocycles. The molecule has 1 amide bonds. The van der Waals surface area contributed by atoms with Gasteiger partial charge in [-0.05, 0) is 25.0 Å². The molecule has 0 atom stereocenters. The van der Waals surface area contributed by atoms with Crippen LogP contribution < -0.4 is 16.0 Å². The number of nitrogens with two attached hydrogens (primary N) is 1. The van der Waals surface area contributed by atoms with E-state index in [1.807, 2.05) is 12.1 Å². The minimum atomic E-state index is -0.115. The van der Waals surface area contributed by atoms with Crippen LogP contribution in [0.3, 0.4) is 0 Å². The lowest BCUT2D eigenvalue weighted by Gasteiger charge is -2.16. The number of pyridine rings is 1. The monoisotopic (exact) mass is 303 g/mol. The molecular formula is C14H17N5OS. The summed E-state index contributed by atoms with van der Waals surface area (Å²) < 4.78 is 0. The van der Waals surface area contributed by atoms with E-state index in [2.05, 4.69) is 20.2 Å². The van der Waals surface area contributed by atoms with Crippen LogP contribution in [0.1, 0.15) is 18.5 Å². The Kier molecular flexibility index (Phi) is 4.01. The Hall–Kier alpha value is -2.15. The van der Waals surface area contributed by atoms with Crippen LogP contribution in [0.4, 0.5) is 16.6 Å². The molecule has 0 radical (unpaired) electrons. The van der Waals surface area contributed by atoms with Crippen LogP contribution in [-0.2, 0) is 11.2 Å². The highest BCUT2D eigenvalue weighted by molar-refractivity contribution is 7.13. The van der Waals surface area contributed by atoms with Gasteiger partial charge in [0.1, 0.15) is 5.82 Å². The summed E-state index contributed by atoms with van der Waals surface area (Å²) in [5.41, 5.74) is 6.94. The lowest BCUT2D eigenvalue weighted by atomic mass is 10.3. The van der Waals surface area contributed by atoms with E-state index < -0.39 is 0 Å². The van der Waals surface area contributed by atoms with Gasteiger partial charge in [-0.15, -0.1) is 11.3 Å². The summed E-state index contributed by atoms with van der Waals surface area (Å²) in [5.74, 6) is 0.855. The first kappa shape index (κ1) is 13.8. The smallest absolute Gasteiger partial charge is 0.230 e. The summed E-state index contributed by atoms with van der Waals surface area (Å²) in [7, 11) is 0. The fraction of sp³-hybridized carbons (Fsp3) is 0.357. The van der Waals surface area contributed by atoms with E-state index in [0.29, 0.717) is 16.5 Å². The number of amides is 1. The van der Waals surface area contributed by atoms with Crippen molar-refractivity contribution in [1.82, 2.24) is 9.97 Å². The molecule has 3 N–H and O–H groups in total. The fourth-order valence-corrected chi connectivity index (χ4v) is 2.93. The predicted molar refractivity (Wildman–Crippen MR) is 84.5 cm³/mol. The molecule has 1 fully saturated rings. The van der Waals surface area contributed by atoms with Crippen molar-refractivity contribution in [3.63, 3.8) is 0 Å². The van der Waals surface area contributed by atoms with Gasteiger partial charge in [-0.3, -0.25) is 4.79 Å². The predicted octanol–water partition coefficient (Wildman–Crippen LogP) is 1.90. The number of hydrogen-bond donors (Lipinski definition) is 2. The van der Waals surface area contributed by atoms with E-state index in [4.69, 9.17) is 5.73 Å². The van der Waals surface area contributed by atoms with Crippen molar-refractivity contribution in [1.29, 1.82) is 0 Å². The van der Waals surface area contributed by atoms with Crippen molar-refractivity contribution in [3.05, 3.63) is 29.4 Å². The average molecular weight is 303 g/mol. The molecule has 2 aromatic rings. The van der Waals surface area contributed by atoms with Crippen molar-refractivity contribution in [3.8, 4) is 0 Å². The number of anilines is 3. The van der Waals surface area contributed by atoms with Crippen LogP contribution in [-0.4, -0.2) is 29.0 Å². The molecule has 1 saturated heterocycles. The molecule has 3 heterocycles. The molecule has 3 rings (SSSR count). The zero-order valence-electron chi connectivity index (χ0n) is 11.6. The lowest BCUT2D eigenvalue weighted by molar-refractivity contribution is -0.115. The van der Waals surface area contributed by atoms with Crippen LogP contribution in [0.15, 0.2) is 23.7 Å². The zero-order chi connectivity index (χ0) is 14.7. The highest BCUT2D eigenvalue weighted by Gasteiger charge is 2.13. The molecule has 6 nitrogen and oxygen atoms in total. The van der Waals surface area contributed by atoms with Gasteiger partial charge in [0.2, 0.25) is 5.91 Å². The van der Waals surface area contributed by atoms with E-state index in [1.54, 1.807) is 11.6 Å². The summed E-state index contributed by atoms with van der Waals surface area (Å²) in [6.07, 6.45) is 4.36. The first-order valence-electron chi connectivity index (χ1n) is 6.91. The van der Waals surface area contributed by atoms with Crippen molar-refractivity contribution in [2.75, 3.05) is 29.0 Å². The third-order valence-electron chi connectivity index (χ3n) is 3.37. The van der Waals surface area contributed by atoms with Crippen LogP contribution in [0, 0.1) is 0 Å². The number of aromatic nitrogens is 2. The molecule has 0 aromatic carbocycles. The molecule has 2 aromatic heterocycles. The second-order valence-corrected chi connectivity index (χ2v) is 5.89. The first-order valence-corrected chi connectivity index (χ1v) is 7.79. The van der Waals surface area contributed by atoms with E-state index in [0.717, 1.165) is 18.9 Å². The van der Waals surface area contributed by atoms with Crippen LogP contribution in [0.25, 0.3) is 0 Å².